The Kier molecular flexibility index (Phi) is 3.63. The maximum absolute atomic E-state index is 12.9. The van der Waals surface area contributed by atoms with Crippen molar-refractivity contribution in [3.8, 4) is 0 Å². The van der Waals surface area contributed by atoms with Gasteiger partial charge >= 0.3 is 6.18 Å². The van der Waals surface area contributed by atoms with Gasteiger partial charge in [-0.25, -0.2) is 0 Å². The van der Waals surface area contributed by atoms with Crippen LogP contribution in [0.4, 0.5) is 13.2 Å². The van der Waals surface area contributed by atoms with E-state index in [9.17, 15) is 18.3 Å². The molecule has 4 heteroatoms. The van der Waals surface area contributed by atoms with E-state index in [2.05, 4.69) is 0 Å². The smallest absolute Gasteiger partial charge is 0.376 e. The summed E-state index contributed by atoms with van der Waals surface area (Å²) in [6.07, 6.45) is -4.99. The second-order valence-electron chi connectivity index (χ2n) is 4.32. The molecular weight excluding hydrogens is 217 g/mol. The average molecular weight is 232 g/mol. The minimum atomic E-state index is -4.65. The fourth-order valence-electron chi connectivity index (χ4n) is 1.70. The highest BCUT2D eigenvalue weighted by Crippen LogP contribution is 2.43. The summed E-state index contributed by atoms with van der Waals surface area (Å²) < 4.78 is 38.7. The average Bonchev–Trinajstić information content (AvgIpc) is 2.16. The van der Waals surface area contributed by atoms with E-state index in [-0.39, 0.29) is 17.9 Å². The zero-order valence-corrected chi connectivity index (χ0v) is 9.25. The van der Waals surface area contributed by atoms with Crippen LogP contribution in [-0.4, -0.2) is 11.3 Å². The van der Waals surface area contributed by atoms with E-state index >= 15 is 0 Å². The van der Waals surface area contributed by atoms with Crippen molar-refractivity contribution in [2.24, 2.45) is 5.92 Å². The number of alkyl halides is 3. The molecule has 1 nitrogen and oxygen atoms in total. The van der Waals surface area contributed by atoms with Crippen LogP contribution in [0.25, 0.3) is 0 Å². The molecule has 1 N–H and O–H groups in total. The lowest BCUT2D eigenvalue weighted by atomic mass is 9.85. The molecule has 0 radical (unpaired) electrons. The molecule has 1 rings (SSSR count). The fraction of sp³-hybridized carbons (Fsp3) is 0.500. The lowest BCUT2D eigenvalue weighted by molar-refractivity contribution is -0.272. The Bertz CT molecular complexity index is 332. The molecule has 90 valence electrons. The molecule has 0 aromatic heterocycles. The quantitative estimate of drug-likeness (QED) is 0.845. The first-order valence-electron chi connectivity index (χ1n) is 5.12. The van der Waals surface area contributed by atoms with E-state index in [1.807, 2.05) is 0 Å². The number of aliphatic hydroxyl groups is 1. The topological polar surface area (TPSA) is 20.2 Å². The third-order valence-corrected chi connectivity index (χ3v) is 2.42. The molecule has 0 unspecified atom stereocenters. The van der Waals surface area contributed by atoms with Crippen LogP contribution >= 0.6 is 0 Å². The zero-order chi connectivity index (χ0) is 12.4. The van der Waals surface area contributed by atoms with Crippen LogP contribution in [0.5, 0.6) is 0 Å². The van der Waals surface area contributed by atoms with Crippen molar-refractivity contribution in [1.82, 2.24) is 0 Å². The molecule has 0 aliphatic rings. The van der Waals surface area contributed by atoms with Crippen molar-refractivity contribution in [1.29, 1.82) is 0 Å². The molecule has 0 amide bonds. The monoisotopic (exact) mass is 232 g/mol. The summed E-state index contributed by atoms with van der Waals surface area (Å²) in [5.41, 5.74) is -2.85. The third-order valence-electron chi connectivity index (χ3n) is 2.42. The molecule has 1 atom stereocenters. The molecule has 0 spiro atoms. The van der Waals surface area contributed by atoms with Crippen molar-refractivity contribution in [2.75, 3.05) is 0 Å². The second-order valence-corrected chi connectivity index (χ2v) is 4.32. The van der Waals surface area contributed by atoms with Gasteiger partial charge in [-0.15, -0.1) is 0 Å². The van der Waals surface area contributed by atoms with Gasteiger partial charge < -0.3 is 5.11 Å². The fourth-order valence-corrected chi connectivity index (χ4v) is 1.70. The van der Waals surface area contributed by atoms with Crippen molar-refractivity contribution in [3.63, 3.8) is 0 Å². The summed E-state index contributed by atoms with van der Waals surface area (Å²) in [5, 5.41) is 9.86. The van der Waals surface area contributed by atoms with Gasteiger partial charge in [-0.2, -0.15) is 13.2 Å². The SMILES string of the molecule is CC(C)C[C@@](O)(c1ccccc1)C(F)(F)F. The van der Waals surface area contributed by atoms with Gasteiger partial charge in [-0.1, -0.05) is 44.2 Å². The Balaban J connectivity index is 3.16. The van der Waals surface area contributed by atoms with E-state index < -0.39 is 11.8 Å². The predicted molar refractivity (Wildman–Crippen MR) is 55.8 cm³/mol. The highest BCUT2D eigenvalue weighted by Gasteiger charge is 2.54. The molecule has 0 saturated heterocycles. The second kappa shape index (κ2) is 4.45. The Hall–Kier alpha value is -1.03. The van der Waals surface area contributed by atoms with Gasteiger partial charge in [0.15, 0.2) is 5.60 Å². The molecule has 1 aromatic carbocycles. The minimum Gasteiger partial charge on any atom is -0.376 e. The number of halogens is 3. The van der Waals surface area contributed by atoms with Gasteiger partial charge in [0.05, 0.1) is 0 Å². The molecule has 0 aliphatic carbocycles. The van der Waals surface area contributed by atoms with Crippen molar-refractivity contribution >= 4 is 0 Å². The first-order chi connectivity index (χ1) is 7.27. The van der Waals surface area contributed by atoms with E-state index in [1.165, 1.54) is 24.3 Å². The van der Waals surface area contributed by atoms with Crippen LogP contribution < -0.4 is 0 Å². The molecule has 0 heterocycles. The number of rotatable bonds is 3. The van der Waals surface area contributed by atoms with Crippen LogP contribution in [0.15, 0.2) is 30.3 Å². The molecule has 0 fully saturated rings. The van der Waals surface area contributed by atoms with Gasteiger partial charge in [0.2, 0.25) is 0 Å². The number of hydrogen-bond acceptors (Lipinski definition) is 1. The van der Waals surface area contributed by atoms with Crippen LogP contribution in [-0.2, 0) is 5.60 Å². The van der Waals surface area contributed by atoms with Crippen molar-refractivity contribution in [2.45, 2.75) is 32.0 Å². The summed E-state index contributed by atoms with van der Waals surface area (Å²) in [7, 11) is 0. The number of hydrogen-bond donors (Lipinski definition) is 1. The summed E-state index contributed by atoms with van der Waals surface area (Å²) in [4.78, 5) is 0. The maximum atomic E-state index is 12.9. The summed E-state index contributed by atoms with van der Waals surface area (Å²) in [6.45, 7) is 3.30. The van der Waals surface area contributed by atoms with Gasteiger partial charge in [0, 0.05) is 0 Å². The summed E-state index contributed by atoms with van der Waals surface area (Å²) in [5.74, 6) is -0.244. The Morgan fingerprint density at radius 2 is 1.62 bits per heavy atom. The van der Waals surface area contributed by atoms with Crippen LogP contribution in [0.2, 0.25) is 0 Å². The minimum absolute atomic E-state index is 0.101. The van der Waals surface area contributed by atoms with Gasteiger partial charge in [-0.3, -0.25) is 0 Å². The first kappa shape index (κ1) is 13.0. The lowest BCUT2D eigenvalue weighted by Crippen LogP contribution is -2.43. The zero-order valence-electron chi connectivity index (χ0n) is 9.25. The van der Waals surface area contributed by atoms with Crippen LogP contribution in [0.1, 0.15) is 25.8 Å². The molecule has 0 aliphatic heterocycles. The Labute approximate surface area is 92.9 Å². The maximum Gasteiger partial charge on any atom is 0.421 e. The van der Waals surface area contributed by atoms with Gasteiger partial charge in [0.25, 0.3) is 0 Å². The lowest BCUT2D eigenvalue weighted by Gasteiger charge is -2.32. The standard InChI is InChI=1S/C12H15F3O/c1-9(2)8-11(16,12(13,14)15)10-6-4-3-5-7-10/h3-7,9,16H,8H2,1-2H3/t11-/m1/s1. The van der Waals surface area contributed by atoms with Crippen LogP contribution in [0.3, 0.4) is 0 Å². The molecule has 1 aromatic rings. The van der Waals surface area contributed by atoms with Gasteiger partial charge in [-0.05, 0) is 17.9 Å². The number of benzene rings is 1. The van der Waals surface area contributed by atoms with E-state index in [0.717, 1.165) is 0 Å². The van der Waals surface area contributed by atoms with E-state index in [0.29, 0.717) is 0 Å². The first-order valence-corrected chi connectivity index (χ1v) is 5.12. The van der Waals surface area contributed by atoms with E-state index in [4.69, 9.17) is 0 Å². The predicted octanol–water partition coefficient (Wildman–Crippen LogP) is 3.48. The third kappa shape index (κ3) is 2.55. The van der Waals surface area contributed by atoms with Crippen LogP contribution in [0, 0.1) is 5.92 Å². The summed E-state index contributed by atoms with van der Waals surface area (Å²) >= 11 is 0. The highest BCUT2D eigenvalue weighted by molar-refractivity contribution is 5.24. The molecule has 16 heavy (non-hydrogen) atoms. The van der Waals surface area contributed by atoms with E-state index in [1.54, 1.807) is 19.9 Å². The van der Waals surface area contributed by atoms with Gasteiger partial charge in [0.1, 0.15) is 0 Å². The largest absolute Gasteiger partial charge is 0.421 e. The van der Waals surface area contributed by atoms with Crippen molar-refractivity contribution in [3.05, 3.63) is 35.9 Å². The van der Waals surface area contributed by atoms with Crippen molar-refractivity contribution < 1.29 is 18.3 Å². The highest BCUT2D eigenvalue weighted by atomic mass is 19.4. The Morgan fingerprint density at radius 1 is 1.12 bits per heavy atom. The Morgan fingerprint density at radius 3 is 2.00 bits per heavy atom. The normalized spacial score (nSPS) is 16.2. The molecular formula is C12H15F3O. The summed E-state index contributed by atoms with van der Waals surface area (Å²) in [6, 6.07) is 7.21. The molecule has 0 bridgehead atoms. The molecule has 0 saturated carbocycles.